The summed E-state index contributed by atoms with van der Waals surface area (Å²) in [5.74, 6) is 3.86. The Morgan fingerprint density at radius 3 is 2.74 bits per heavy atom. The molecule has 1 fully saturated rings. The van der Waals surface area contributed by atoms with Gasteiger partial charge in [0.25, 0.3) is 0 Å². The third-order valence-electron chi connectivity index (χ3n) is 4.33. The largest absolute Gasteiger partial charge is 0.493 e. The molecule has 1 aliphatic heterocycles. The van der Waals surface area contributed by atoms with Gasteiger partial charge < -0.3 is 19.7 Å². The second kappa shape index (κ2) is 13.1. The minimum Gasteiger partial charge on any atom is -0.493 e. The van der Waals surface area contributed by atoms with Gasteiger partial charge in [-0.05, 0) is 30.5 Å². The SMILES string of the molecule is CCCOc1ccc(CN(CCC)C(=O)CC2CSCCN2)cc1OC.Cl. The molecule has 1 saturated heterocycles. The number of rotatable bonds is 10. The van der Waals surface area contributed by atoms with Crippen LogP contribution in [0.3, 0.4) is 0 Å². The Labute approximate surface area is 174 Å². The van der Waals surface area contributed by atoms with Crippen LogP contribution in [0.1, 0.15) is 38.7 Å². The molecule has 0 aromatic heterocycles. The van der Waals surface area contributed by atoms with E-state index in [9.17, 15) is 4.79 Å². The lowest BCUT2D eigenvalue weighted by atomic mass is 10.1. The van der Waals surface area contributed by atoms with E-state index in [1.807, 2.05) is 34.9 Å². The topological polar surface area (TPSA) is 50.8 Å². The molecule has 1 unspecified atom stereocenters. The standard InChI is InChI=1S/C20H32N2O3S.ClH/c1-4-9-22(20(23)13-17-15-26-11-8-21-17)14-16-6-7-18(25-10-5-2)19(12-16)24-3;/h6-7,12,17,21H,4-5,8-11,13-15H2,1-3H3;1H. The Morgan fingerprint density at radius 2 is 2.11 bits per heavy atom. The maximum absolute atomic E-state index is 12.8. The van der Waals surface area contributed by atoms with E-state index in [-0.39, 0.29) is 18.3 Å². The molecule has 1 aliphatic rings. The molecular formula is C20H33ClN2O3S. The molecule has 154 valence electrons. The van der Waals surface area contributed by atoms with Crippen molar-refractivity contribution in [2.45, 2.75) is 45.7 Å². The summed E-state index contributed by atoms with van der Waals surface area (Å²) >= 11 is 1.92. The number of carbonyl (C=O) groups excluding carboxylic acids is 1. The number of hydrogen-bond acceptors (Lipinski definition) is 5. The van der Waals surface area contributed by atoms with Crippen molar-refractivity contribution in [3.8, 4) is 11.5 Å². The summed E-state index contributed by atoms with van der Waals surface area (Å²) in [5, 5.41) is 3.45. The number of carbonyl (C=O) groups is 1. The summed E-state index contributed by atoms with van der Waals surface area (Å²) in [6.45, 7) is 7.23. The average Bonchev–Trinajstić information content (AvgIpc) is 2.67. The number of amides is 1. The van der Waals surface area contributed by atoms with Gasteiger partial charge >= 0.3 is 0 Å². The van der Waals surface area contributed by atoms with Crippen molar-refractivity contribution in [2.75, 3.05) is 38.3 Å². The van der Waals surface area contributed by atoms with E-state index in [1.165, 1.54) is 0 Å². The van der Waals surface area contributed by atoms with E-state index in [0.717, 1.165) is 54.5 Å². The molecule has 1 N–H and O–H groups in total. The van der Waals surface area contributed by atoms with Crippen molar-refractivity contribution in [3.05, 3.63) is 23.8 Å². The Bertz CT molecular complexity index is 568. The molecule has 5 nitrogen and oxygen atoms in total. The maximum Gasteiger partial charge on any atom is 0.224 e. The number of hydrogen-bond donors (Lipinski definition) is 1. The van der Waals surface area contributed by atoms with E-state index >= 15 is 0 Å². The first-order valence-electron chi connectivity index (χ1n) is 9.56. The summed E-state index contributed by atoms with van der Waals surface area (Å²) in [5.41, 5.74) is 1.07. The van der Waals surface area contributed by atoms with Crippen LogP contribution >= 0.6 is 24.2 Å². The first kappa shape index (κ1) is 23.9. The zero-order chi connectivity index (χ0) is 18.8. The number of halogens is 1. The lowest BCUT2D eigenvalue weighted by Gasteiger charge is -2.27. The van der Waals surface area contributed by atoms with Gasteiger partial charge in [-0.3, -0.25) is 4.79 Å². The van der Waals surface area contributed by atoms with E-state index in [4.69, 9.17) is 9.47 Å². The number of methoxy groups -OCH3 is 1. The van der Waals surface area contributed by atoms with Gasteiger partial charge in [-0.2, -0.15) is 11.8 Å². The van der Waals surface area contributed by atoms with Crippen LogP contribution in [0.5, 0.6) is 11.5 Å². The smallest absolute Gasteiger partial charge is 0.224 e. The van der Waals surface area contributed by atoms with Crippen LogP contribution in [0, 0.1) is 0 Å². The summed E-state index contributed by atoms with van der Waals surface area (Å²) in [7, 11) is 1.65. The van der Waals surface area contributed by atoms with Crippen LogP contribution in [-0.2, 0) is 11.3 Å². The van der Waals surface area contributed by atoms with Gasteiger partial charge in [-0.15, -0.1) is 12.4 Å². The Morgan fingerprint density at radius 1 is 1.30 bits per heavy atom. The summed E-state index contributed by atoms with van der Waals surface area (Å²) in [6.07, 6.45) is 2.48. The zero-order valence-electron chi connectivity index (χ0n) is 16.7. The van der Waals surface area contributed by atoms with Gasteiger partial charge in [0.1, 0.15) is 0 Å². The maximum atomic E-state index is 12.8. The third kappa shape index (κ3) is 7.80. The predicted octanol–water partition coefficient (Wildman–Crippen LogP) is 3.74. The third-order valence-corrected chi connectivity index (χ3v) is 5.46. The number of nitrogens with zero attached hydrogens (tertiary/aromatic N) is 1. The van der Waals surface area contributed by atoms with Crippen LogP contribution in [-0.4, -0.2) is 55.2 Å². The van der Waals surface area contributed by atoms with Gasteiger partial charge in [0.2, 0.25) is 5.91 Å². The Balaban J connectivity index is 0.00000364. The molecule has 0 saturated carbocycles. The van der Waals surface area contributed by atoms with Gasteiger partial charge in [-0.1, -0.05) is 19.9 Å². The van der Waals surface area contributed by atoms with E-state index in [2.05, 4.69) is 19.2 Å². The number of thioether (sulfide) groups is 1. The van der Waals surface area contributed by atoms with E-state index in [1.54, 1.807) is 7.11 Å². The quantitative estimate of drug-likeness (QED) is 0.629. The van der Waals surface area contributed by atoms with Crippen LogP contribution in [0.4, 0.5) is 0 Å². The molecule has 0 spiro atoms. The van der Waals surface area contributed by atoms with Gasteiger partial charge in [0.05, 0.1) is 13.7 Å². The van der Waals surface area contributed by atoms with Crippen LogP contribution < -0.4 is 14.8 Å². The Hall–Kier alpha value is -1.11. The Kier molecular flexibility index (Phi) is 11.6. The van der Waals surface area contributed by atoms with Crippen LogP contribution in [0.25, 0.3) is 0 Å². The molecule has 0 radical (unpaired) electrons. The lowest BCUT2D eigenvalue weighted by Crippen LogP contribution is -2.42. The molecule has 1 aromatic carbocycles. The monoisotopic (exact) mass is 416 g/mol. The molecule has 1 heterocycles. The molecule has 2 rings (SSSR count). The highest BCUT2D eigenvalue weighted by Crippen LogP contribution is 2.29. The number of nitrogens with one attached hydrogen (secondary N) is 1. The van der Waals surface area contributed by atoms with Crippen molar-refractivity contribution in [1.82, 2.24) is 10.2 Å². The van der Waals surface area contributed by atoms with Crippen LogP contribution in [0.15, 0.2) is 18.2 Å². The lowest BCUT2D eigenvalue weighted by molar-refractivity contribution is -0.132. The van der Waals surface area contributed by atoms with Crippen molar-refractivity contribution in [3.63, 3.8) is 0 Å². The predicted molar refractivity (Wildman–Crippen MR) is 115 cm³/mol. The molecular weight excluding hydrogens is 384 g/mol. The molecule has 0 aliphatic carbocycles. The first-order chi connectivity index (χ1) is 12.7. The average molecular weight is 417 g/mol. The highest BCUT2D eigenvalue weighted by Gasteiger charge is 2.21. The fourth-order valence-electron chi connectivity index (χ4n) is 3.01. The highest BCUT2D eigenvalue weighted by molar-refractivity contribution is 7.99. The van der Waals surface area contributed by atoms with E-state index < -0.39 is 0 Å². The number of benzene rings is 1. The molecule has 1 aromatic rings. The van der Waals surface area contributed by atoms with Crippen molar-refractivity contribution >= 4 is 30.1 Å². The molecule has 27 heavy (non-hydrogen) atoms. The molecule has 7 heteroatoms. The summed E-state index contributed by atoms with van der Waals surface area (Å²) < 4.78 is 11.2. The van der Waals surface area contributed by atoms with Gasteiger partial charge in [0, 0.05) is 43.6 Å². The summed E-state index contributed by atoms with van der Waals surface area (Å²) in [4.78, 5) is 14.7. The van der Waals surface area contributed by atoms with Crippen LogP contribution in [0.2, 0.25) is 0 Å². The minimum atomic E-state index is 0. The highest BCUT2D eigenvalue weighted by atomic mass is 35.5. The minimum absolute atomic E-state index is 0. The fourth-order valence-corrected chi connectivity index (χ4v) is 3.96. The molecule has 0 bridgehead atoms. The fraction of sp³-hybridized carbons (Fsp3) is 0.650. The van der Waals surface area contributed by atoms with E-state index in [0.29, 0.717) is 25.6 Å². The van der Waals surface area contributed by atoms with Crippen molar-refractivity contribution in [1.29, 1.82) is 0 Å². The molecule has 1 amide bonds. The molecule has 1 atom stereocenters. The normalized spacial score (nSPS) is 16.3. The van der Waals surface area contributed by atoms with Gasteiger partial charge in [-0.25, -0.2) is 0 Å². The van der Waals surface area contributed by atoms with Crippen molar-refractivity contribution < 1.29 is 14.3 Å². The second-order valence-electron chi connectivity index (χ2n) is 6.58. The van der Waals surface area contributed by atoms with Gasteiger partial charge in [0.15, 0.2) is 11.5 Å². The zero-order valence-corrected chi connectivity index (χ0v) is 18.3. The first-order valence-corrected chi connectivity index (χ1v) is 10.7. The van der Waals surface area contributed by atoms with Crippen molar-refractivity contribution in [2.24, 2.45) is 0 Å². The number of ether oxygens (including phenoxy) is 2. The second-order valence-corrected chi connectivity index (χ2v) is 7.73. The summed E-state index contributed by atoms with van der Waals surface area (Å²) in [6, 6.07) is 6.24.